The molecule has 6 heterocycles. The molecule has 6 aromatic heterocycles. The minimum Gasteiger partial charge on any atom is -0.508 e. The van der Waals surface area contributed by atoms with E-state index < -0.39 is 8.66 Å². The van der Waals surface area contributed by atoms with Crippen molar-refractivity contribution in [3.8, 4) is 10.4 Å². The number of halogens is 5. The lowest BCUT2D eigenvalue weighted by Crippen LogP contribution is -2.17. The van der Waals surface area contributed by atoms with Crippen molar-refractivity contribution < 1.29 is 58.1 Å². The quantitative estimate of drug-likeness (QED) is 0.0325. The van der Waals surface area contributed by atoms with E-state index in [9.17, 15) is 43.2 Å². The van der Waals surface area contributed by atoms with Gasteiger partial charge in [-0.05, 0) is 83.0 Å². The van der Waals surface area contributed by atoms with Crippen molar-refractivity contribution in [2.45, 2.75) is 201 Å². The second kappa shape index (κ2) is 51.8. The van der Waals surface area contributed by atoms with Gasteiger partial charge in [0.25, 0.3) is 3.25 Å². The van der Waals surface area contributed by atoms with Crippen LogP contribution in [0, 0.1) is 24.7 Å². The Kier molecular flexibility index (Phi) is 54.8. The molecule has 564 valence electrons. The zero-order chi connectivity index (χ0) is 77.4. The zero-order valence-corrected chi connectivity index (χ0v) is 72.7. The molecule has 0 unspecified atom stereocenters. The number of hydrogen-bond donors (Lipinski definition) is 4. The van der Waals surface area contributed by atoms with Gasteiger partial charge in [-0.1, -0.05) is 141 Å². The zero-order valence-electron chi connectivity index (χ0n) is 63.0. The lowest BCUT2D eigenvalue weighted by Gasteiger charge is -2.18. The van der Waals surface area contributed by atoms with Gasteiger partial charge in [-0.25, -0.2) is 9.97 Å². The largest absolute Gasteiger partial charge is 0.508 e. The Bertz CT molecular complexity index is 3560. The highest BCUT2D eigenvalue weighted by atomic mass is 80.0. The molecule has 0 saturated carbocycles. The van der Waals surface area contributed by atoms with Crippen molar-refractivity contribution >= 4 is 128 Å². The minimum absolute atomic E-state index is 0. The highest BCUT2D eigenvalue weighted by Crippen LogP contribution is 2.68. The molecule has 0 spiro atoms. The molecule has 0 bridgehead atoms. The Morgan fingerprint density at radius 3 is 1.46 bits per heavy atom. The van der Waals surface area contributed by atoms with Crippen LogP contribution in [0.5, 0.6) is 0 Å². The fourth-order valence-corrected chi connectivity index (χ4v) is 8.17. The van der Waals surface area contributed by atoms with Gasteiger partial charge >= 0.3 is 0 Å². The Labute approximate surface area is 639 Å². The standard InChI is InChI=1S/C16H20N2OS.C10H16O3.C9H12BrN.C9H13NO.C9H12O2.C7H9NOS.C5H9ClO.C5H8O2.C2H6O.Br3OP.H3N.H2O/c1-10(19)8-14-18-11(2)15(20-14)12-6-7-17-13(9-12)16(3,4)5;1-10(2,3)9(12)7-8(11)5-6-13-4;1-9(2,3)8-6-7(10)4-5-11-8;1-9(2,3)8-6-7(11)4-5-10-8;1-9(2,3)8-6-7(10)4-5-11-8;1-5-4-10-7(8-5)3-6(2)9;1-5(2,3)4(6)7;1-5(6)3-4-7-2;1-2-3;1-5(2,3)4;;/h6-7,9H,8H2,1-5H3;5-7,11H,1-4H3;4-6H,1-3H3;4-6H,1-3H3,(H,10,11);4-6H,1-3H3;4H,3H2,1-2H3;1-3H3;3-4H,1-2H3;3H,2H2,1H3;;1H3;1H2/b;6-5+,8-7?;;;;;;4-3+;;;;. The molecule has 0 aliphatic rings. The van der Waals surface area contributed by atoms with E-state index >= 15 is 0 Å². The van der Waals surface area contributed by atoms with E-state index in [0.717, 1.165) is 59.2 Å². The number of rotatable bonds is 10. The van der Waals surface area contributed by atoms with Crippen LogP contribution in [0.2, 0.25) is 0 Å². The van der Waals surface area contributed by atoms with E-state index in [-0.39, 0.29) is 90.3 Å². The molecular formula is C72H110Br4ClN6O14PS2. The molecule has 0 atom stereocenters. The average molecular weight is 1730 g/mol. The smallest absolute Gasteiger partial charge is 0.268 e. The topological polar surface area (TPSA) is 342 Å². The van der Waals surface area contributed by atoms with E-state index in [4.69, 9.17) is 21.1 Å². The number of H-pyrrole nitrogens is 1. The second-order valence-corrected chi connectivity index (χ2v) is 49.0. The van der Waals surface area contributed by atoms with Gasteiger partial charge in [-0.15, -0.1) is 22.7 Å². The number of aromatic nitrogens is 5. The Morgan fingerprint density at radius 2 is 1.13 bits per heavy atom. The molecule has 0 radical (unpaired) electrons. The molecule has 0 aromatic carbocycles. The third-order valence-corrected chi connectivity index (χ3v) is 14.3. The number of nitrogens with zero attached hydrogens (tertiary/aromatic N) is 4. The molecule has 100 heavy (non-hydrogen) atoms. The number of ketones is 4. The van der Waals surface area contributed by atoms with E-state index in [0.29, 0.717) is 12.8 Å². The van der Waals surface area contributed by atoms with Gasteiger partial charge in [0.15, 0.2) is 22.4 Å². The highest BCUT2D eigenvalue weighted by Gasteiger charge is 2.21. The number of hydrogen-bond acceptors (Lipinski definition) is 20. The SMILES string of the molecule is CC(=O)Cc1nc(C)c(-c2ccnc(C(C)(C)C)c2)s1.CC(=O)Cc1nc(C)cs1.CC(C)(C)C(=O)Cl.CC(C)(C)c1cc(=O)cc[nH]1.CC(C)(C)c1cc(=O)cco1.CC(C)(C)c1cc(Br)ccn1.CCO.CO/C=C/C(C)=O.CO/C=C/C(O)=CC(=O)C(C)(C)C.N.O.O=P(Br)(Br)Br. The van der Waals surface area contributed by atoms with Crippen molar-refractivity contribution in [1.29, 1.82) is 0 Å². The Hall–Kier alpha value is -5.25. The van der Waals surface area contributed by atoms with Gasteiger partial charge in [-0.3, -0.25) is 48.1 Å². The van der Waals surface area contributed by atoms with Gasteiger partial charge in [0.1, 0.15) is 33.1 Å². The predicted molar refractivity (Wildman–Crippen MR) is 429 cm³/mol. The van der Waals surface area contributed by atoms with Crippen LogP contribution in [-0.2, 0) is 72.5 Å². The van der Waals surface area contributed by atoms with Gasteiger partial charge in [0.2, 0.25) is 5.24 Å². The maximum atomic E-state index is 11.3. The number of thiazole rings is 2. The third kappa shape index (κ3) is 58.3. The number of aryl methyl sites for hydroxylation is 2. The number of Topliss-reactive ketones (excluding diaryl/α,β-unsaturated/α-hetero) is 2. The van der Waals surface area contributed by atoms with Crippen LogP contribution < -0.4 is 17.0 Å². The summed E-state index contributed by atoms with van der Waals surface area (Å²) in [5.74, 6) is 0.837. The molecule has 8 N–H and O–H groups in total. The Balaban J connectivity index is -0.000000252. The summed E-state index contributed by atoms with van der Waals surface area (Å²) in [5, 5.41) is 20.2. The second-order valence-electron chi connectivity index (χ2n) is 27.3. The van der Waals surface area contributed by atoms with Crippen molar-refractivity contribution in [3.63, 3.8) is 0 Å². The summed E-state index contributed by atoms with van der Waals surface area (Å²) in [6.07, 6.45) is 14.2. The average Bonchev–Trinajstić information content (AvgIpc) is 1.61. The van der Waals surface area contributed by atoms with Crippen LogP contribution >= 0.6 is 99.9 Å². The first-order chi connectivity index (χ1) is 44.5. The number of ether oxygens (including phenoxy) is 2. The predicted octanol–water partition coefficient (Wildman–Crippen LogP) is 19.6. The maximum Gasteiger partial charge on any atom is 0.268 e. The summed E-state index contributed by atoms with van der Waals surface area (Å²) in [6.45, 7) is 46.4. The third-order valence-electron chi connectivity index (χ3n) is 11.0. The number of allylic oxidation sites excluding steroid dienone is 3. The molecule has 0 aliphatic carbocycles. The van der Waals surface area contributed by atoms with E-state index in [2.05, 4.69) is 171 Å². The van der Waals surface area contributed by atoms with Crippen LogP contribution in [-0.4, -0.2) is 89.8 Å². The number of carbonyl (C=O) groups excluding carboxylic acids is 5. The van der Waals surface area contributed by atoms with Gasteiger partial charge in [0.05, 0.1) is 56.4 Å². The number of nitrogens with one attached hydrogen (secondary N) is 1. The maximum absolute atomic E-state index is 11.3. The van der Waals surface area contributed by atoms with Crippen LogP contribution in [0.4, 0.5) is 0 Å². The fraction of sp³-hybridized carbons (Fsp3) is 0.486. The van der Waals surface area contributed by atoms with Crippen molar-refractivity contribution in [2.75, 3.05) is 20.8 Å². The molecule has 28 heteroatoms. The lowest BCUT2D eigenvalue weighted by molar-refractivity contribution is -0.121. The summed E-state index contributed by atoms with van der Waals surface area (Å²) >= 11 is 20.0. The van der Waals surface area contributed by atoms with Gasteiger partial charge < -0.3 is 40.7 Å². The lowest BCUT2D eigenvalue weighted by atomic mass is 9.90. The molecule has 6 rings (SSSR count). The normalized spacial score (nSPS) is 11.1. The van der Waals surface area contributed by atoms with E-state index in [1.807, 2.05) is 64.5 Å². The van der Waals surface area contributed by atoms with Crippen LogP contribution in [0.15, 0.2) is 134 Å². The van der Waals surface area contributed by atoms with Gasteiger partial charge in [-0.2, -0.15) is 0 Å². The molecule has 0 aliphatic heterocycles. The minimum atomic E-state index is -2.20. The van der Waals surface area contributed by atoms with Crippen LogP contribution in [0.1, 0.15) is 197 Å². The Morgan fingerprint density at radius 1 is 0.680 bits per heavy atom. The first-order valence-electron chi connectivity index (χ1n) is 30.5. The van der Waals surface area contributed by atoms with Crippen molar-refractivity contribution in [1.82, 2.24) is 31.1 Å². The molecule has 0 amide bonds. The number of pyridine rings is 3. The fourth-order valence-electron chi connectivity index (χ4n) is 5.86. The summed E-state index contributed by atoms with van der Waals surface area (Å²) < 4.78 is 23.1. The first-order valence-corrected chi connectivity index (χ1v) is 41.2. The van der Waals surface area contributed by atoms with E-state index in [1.165, 1.54) is 76.4 Å². The highest BCUT2D eigenvalue weighted by molar-refractivity contribution is 9.94. The summed E-state index contributed by atoms with van der Waals surface area (Å²) in [5.41, 5.74) is 5.62. The molecule has 0 fully saturated rings. The summed E-state index contributed by atoms with van der Waals surface area (Å²) in [6, 6.07) is 14.2. The number of methoxy groups -OCH3 is 2. The monoisotopic (exact) mass is 1730 g/mol. The number of carbonyl (C=O) groups is 5. The van der Waals surface area contributed by atoms with Crippen LogP contribution in [0.25, 0.3) is 10.4 Å². The summed E-state index contributed by atoms with van der Waals surface area (Å²) in [7, 11) is 2.97. The number of aromatic amines is 1. The van der Waals surface area contributed by atoms with Gasteiger partial charge in [0, 0.05) is 179 Å². The molecule has 20 nitrogen and oxygen atoms in total. The number of aliphatic hydroxyl groups excluding tert-OH is 2. The summed E-state index contributed by atoms with van der Waals surface area (Å²) in [4.78, 5) is 96.7. The molecule has 6 aromatic rings. The van der Waals surface area contributed by atoms with Crippen LogP contribution in [0.3, 0.4) is 0 Å². The van der Waals surface area contributed by atoms with Crippen molar-refractivity contribution in [3.05, 3.63) is 184 Å². The molecular weight excluding hydrogens is 1620 g/mol. The molecule has 0 saturated heterocycles. The van der Waals surface area contributed by atoms with E-state index in [1.54, 1.807) is 97.3 Å². The van der Waals surface area contributed by atoms with Crippen molar-refractivity contribution in [2.24, 2.45) is 10.8 Å². The first kappa shape index (κ1) is 106. The number of aliphatic hydroxyl groups is 2.